The van der Waals surface area contributed by atoms with Crippen molar-refractivity contribution in [3.8, 4) is 0 Å². The van der Waals surface area contributed by atoms with Crippen LogP contribution in [0.3, 0.4) is 0 Å². The van der Waals surface area contributed by atoms with Crippen LogP contribution < -0.4 is 10.2 Å². The highest BCUT2D eigenvalue weighted by molar-refractivity contribution is 7.45. The predicted molar refractivity (Wildman–Crippen MR) is 279 cm³/mol. The third-order valence-corrected chi connectivity index (χ3v) is 14.2. The maximum Gasteiger partial charge on any atom is 0.268 e. The minimum Gasteiger partial charge on any atom is -0.756 e. The first-order valence-electron chi connectivity index (χ1n) is 28.5. The number of carbonyl (C=O) groups is 1. The Labute approximate surface area is 405 Å². The number of aliphatic hydroxyl groups is 1. The number of quaternary nitrogens is 1. The number of carbonyl (C=O) groups excluding carboxylic acids is 1. The van der Waals surface area contributed by atoms with Gasteiger partial charge in [0.25, 0.3) is 7.82 Å². The van der Waals surface area contributed by atoms with Gasteiger partial charge in [-0.25, -0.2) is 0 Å². The Bertz CT molecular complexity index is 1070. The predicted octanol–water partition coefficient (Wildman–Crippen LogP) is 16.4. The molecule has 65 heavy (non-hydrogen) atoms. The largest absolute Gasteiger partial charge is 0.756 e. The second-order valence-corrected chi connectivity index (χ2v) is 22.4. The number of hydrogen-bond donors (Lipinski definition) is 2. The van der Waals surface area contributed by atoms with Crippen molar-refractivity contribution in [1.29, 1.82) is 0 Å². The van der Waals surface area contributed by atoms with E-state index in [0.717, 1.165) is 51.4 Å². The van der Waals surface area contributed by atoms with Gasteiger partial charge in [-0.1, -0.05) is 257 Å². The summed E-state index contributed by atoms with van der Waals surface area (Å²) in [5.74, 6) is -0.170. The van der Waals surface area contributed by atoms with E-state index in [9.17, 15) is 19.4 Å². The number of unbranched alkanes of at least 4 members (excludes halogenated alkanes) is 38. The lowest BCUT2D eigenvalue weighted by molar-refractivity contribution is -0.870. The first kappa shape index (κ1) is 64.2. The molecule has 0 aromatic rings. The van der Waals surface area contributed by atoms with Crippen LogP contribution in [0.2, 0.25) is 0 Å². The number of nitrogens with zero attached hydrogens (tertiary/aromatic N) is 1. The molecule has 0 bridgehead atoms. The molecule has 0 aliphatic carbocycles. The molecule has 0 aromatic heterocycles. The molecule has 388 valence electrons. The zero-order valence-corrected chi connectivity index (χ0v) is 45.1. The SMILES string of the molecule is CCCCCC/C=C\CCCCCCCC(=O)NC(COP(=O)([O-])OCC[N+](C)(C)C)C(O)CCCCCCCCCCCCCCCCCCCCCCCCCCCCCCCC. The van der Waals surface area contributed by atoms with Crippen molar-refractivity contribution in [3.63, 3.8) is 0 Å². The fraction of sp³-hybridized carbons (Fsp3) is 0.946. The van der Waals surface area contributed by atoms with Gasteiger partial charge in [0.1, 0.15) is 13.2 Å². The van der Waals surface area contributed by atoms with Gasteiger partial charge in [-0.2, -0.15) is 0 Å². The van der Waals surface area contributed by atoms with E-state index in [2.05, 4.69) is 31.3 Å². The van der Waals surface area contributed by atoms with Crippen molar-refractivity contribution in [1.82, 2.24) is 5.32 Å². The van der Waals surface area contributed by atoms with Crippen molar-refractivity contribution in [2.75, 3.05) is 40.9 Å². The normalized spacial score (nSPS) is 14.0. The average molecular weight is 942 g/mol. The zero-order valence-electron chi connectivity index (χ0n) is 44.2. The minimum atomic E-state index is -4.57. The molecule has 1 amide bonds. The van der Waals surface area contributed by atoms with Crippen molar-refractivity contribution in [2.24, 2.45) is 0 Å². The summed E-state index contributed by atoms with van der Waals surface area (Å²) in [7, 11) is 1.31. The highest BCUT2D eigenvalue weighted by Gasteiger charge is 2.24. The fourth-order valence-electron chi connectivity index (χ4n) is 8.74. The lowest BCUT2D eigenvalue weighted by Gasteiger charge is -2.30. The van der Waals surface area contributed by atoms with E-state index in [0.29, 0.717) is 23.9 Å². The van der Waals surface area contributed by atoms with Crippen molar-refractivity contribution in [3.05, 3.63) is 12.2 Å². The Kier molecular flexibility index (Phi) is 47.7. The topological polar surface area (TPSA) is 108 Å². The Balaban J connectivity index is 4.02. The first-order chi connectivity index (χ1) is 31.5. The van der Waals surface area contributed by atoms with Gasteiger partial charge in [-0.15, -0.1) is 0 Å². The summed E-state index contributed by atoms with van der Waals surface area (Å²) < 4.78 is 23.4. The molecule has 8 nitrogen and oxygen atoms in total. The number of phosphoric acid groups is 1. The van der Waals surface area contributed by atoms with Gasteiger partial charge in [-0.05, 0) is 38.5 Å². The Hall–Kier alpha value is -0.760. The number of rotatable bonds is 53. The van der Waals surface area contributed by atoms with Gasteiger partial charge in [0.05, 0.1) is 39.9 Å². The van der Waals surface area contributed by atoms with Crippen molar-refractivity contribution in [2.45, 2.75) is 302 Å². The molecule has 2 N–H and O–H groups in total. The van der Waals surface area contributed by atoms with Gasteiger partial charge in [0.2, 0.25) is 5.91 Å². The van der Waals surface area contributed by atoms with Crippen molar-refractivity contribution < 1.29 is 32.9 Å². The maximum absolute atomic E-state index is 12.9. The van der Waals surface area contributed by atoms with Gasteiger partial charge in [-0.3, -0.25) is 9.36 Å². The number of allylic oxidation sites excluding steroid dienone is 2. The molecule has 9 heteroatoms. The summed E-state index contributed by atoms with van der Waals surface area (Å²) in [5.41, 5.74) is 0. The Morgan fingerprint density at radius 3 is 1.22 bits per heavy atom. The van der Waals surface area contributed by atoms with Gasteiger partial charge in [0, 0.05) is 6.42 Å². The van der Waals surface area contributed by atoms with E-state index >= 15 is 0 Å². The van der Waals surface area contributed by atoms with E-state index in [1.54, 1.807) is 0 Å². The Morgan fingerprint density at radius 2 is 0.846 bits per heavy atom. The van der Waals surface area contributed by atoms with Crippen LogP contribution in [-0.4, -0.2) is 68.5 Å². The van der Waals surface area contributed by atoms with E-state index < -0.39 is 20.0 Å². The molecule has 0 saturated heterocycles. The standard InChI is InChI=1S/C56H113N2O6P/c1-6-8-10-12-14-16-18-20-21-22-23-24-25-26-27-28-29-30-31-32-33-34-35-36-38-39-41-43-45-47-49-55(59)54(53-64-65(61,62)63-52-51-58(3,4)5)57-56(60)50-48-46-44-42-40-37-19-17-15-13-11-9-7-2/h17,19,54-55,59H,6-16,18,20-53H2,1-5H3,(H-,57,60,61,62)/b19-17-. The van der Waals surface area contributed by atoms with E-state index in [4.69, 9.17) is 9.05 Å². The number of aliphatic hydroxyl groups excluding tert-OH is 1. The summed E-state index contributed by atoms with van der Waals surface area (Å²) >= 11 is 0. The number of hydrogen-bond acceptors (Lipinski definition) is 6. The monoisotopic (exact) mass is 941 g/mol. The number of likely N-dealkylation sites (N-methyl/N-ethyl adjacent to an activating group) is 1. The fourth-order valence-corrected chi connectivity index (χ4v) is 9.47. The van der Waals surface area contributed by atoms with Crippen molar-refractivity contribution >= 4 is 13.7 Å². The lowest BCUT2D eigenvalue weighted by atomic mass is 10.0. The molecular formula is C56H113N2O6P. The smallest absolute Gasteiger partial charge is 0.268 e. The van der Waals surface area contributed by atoms with Crippen LogP contribution in [0, 0.1) is 0 Å². The van der Waals surface area contributed by atoms with Crippen LogP contribution >= 0.6 is 7.82 Å². The van der Waals surface area contributed by atoms with Crippen LogP contribution in [0.25, 0.3) is 0 Å². The summed E-state index contributed by atoms with van der Waals surface area (Å²) in [4.78, 5) is 25.4. The summed E-state index contributed by atoms with van der Waals surface area (Å²) in [6.07, 6.45) is 58.3. The first-order valence-corrected chi connectivity index (χ1v) is 30.0. The molecule has 0 aliphatic heterocycles. The molecule has 0 spiro atoms. The molecule has 0 fully saturated rings. The molecular weight excluding hydrogens is 828 g/mol. The Morgan fingerprint density at radius 1 is 0.523 bits per heavy atom. The quantitative estimate of drug-likeness (QED) is 0.0272. The van der Waals surface area contributed by atoms with E-state index in [1.165, 1.54) is 212 Å². The van der Waals surface area contributed by atoms with Gasteiger partial charge < -0.3 is 28.8 Å². The second kappa shape index (κ2) is 48.3. The highest BCUT2D eigenvalue weighted by Crippen LogP contribution is 2.38. The molecule has 3 atom stereocenters. The van der Waals surface area contributed by atoms with Gasteiger partial charge >= 0.3 is 0 Å². The lowest BCUT2D eigenvalue weighted by Crippen LogP contribution is -2.46. The third-order valence-electron chi connectivity index (χ3n) is 13.3. The maximum atomic E-state index is 12.9. The third kappa shape index (κ3) is 50.9. The molecule has 3 unspecified atom stereocenters. The minimum absolute atomic E-state index is 0.0128. The summed E-state index contributed by atoms with van der Waals surface area (Å²) in [6, 6.07) is -0.802. The zero-order chi connectivity index (χ0) is 47.8. The van der Waals surface area contributed by atoms with Crippen LogP contribution in [0.15, 0.2) is 12.2 Å². The molecule has 0 aliphatic rings. The second-order valence-electron chi connectivity index (χ2n) is 21.0. The average Bonchev–Trinajstić information content (AvgIpc) is 3.26. The van der Waals surface area contributed by atoms with Crippen LogP contribution in [0.4, 0.5) is 0 Å². The number of phosphoric ester groups is 1. The van der Waals surface area contributed by atoms with Crippen LogP contribution in [-0.2, 0) is 18.4 Å². The van der Waals surface area contributed by atoms with E-state index in [-0.39, 0.29) is 19.1 Å². The molecule has 0 aromatic carbocycles. The summed E-state index contributed by atoms with van der Waals surface area (Å²) in [6.45, 7) is 4.73. The molecule has 0 radical (unpaired) electrons. The van der Waals surface area contributed by atoms with Gasteiger partial charge in [0.15, 0.2) is 0 Å². The van der Waals surface area contributed by atoms with E-state index in [1.807, 2.05) is 21.1 Å². The molecule has 0 saturated carbocycles. The number of nitrogens with one attached hydrogen (secondary N) is 1. The van der Waals surface area contributed by atoms with Crippen LogP contribution in [0.1, 0.15) is 290 Å². The van der Waals surface area contributed by atoms with Crippen LogP contribution in [0.5, 0.6) is 0 Å². The molecule has 0 heterocycles. The summed E-state index contributed by atoms with van der Waals surface area (Å²) in [5, 5.41) is 14.0. The molecule has 0 rings (SSSR count). The highest BCUT2D eigenvalue weighted by atomic mass is 31.2. The number of amides is 1.